The molecule has 1 amide bonds. The number of piperidine rings is 1. The maximum atomic E-state index is 12.3. The number of aliphatic hydroxyl groups excluding tert-OH is 1. The Kier molecular flexibility index (Phi) is 9.31. The van der Waals surface area contributed by atoms with Crippen LogP contribution in [0.1, 0.15) is 31.2 Å². The lowest BCUT2D eigenvalue weighted by atomic mass is 10.1. The fraction of sp³-hybridized carbons (Fsp3) is 0.545. The summed E-state index contributed by atoms with van der Waals surface area (Å²) in [4.78, 5) is 34.8. The summed E-state index contributed by atoms with van der Waals surface area (Å²) in [5.74, 6) is 0.520. The summed E-state index contributed by atoms with van der Waals surface area (Å²) in [5, 5.41) is 14.5. The number of likely N-dealkylation sites (tertiary alicyclic amines) is 1. The van der Waals surface area contributed by atoms with Crippen LogP contribution in [0.5, 0.6) is 0 Å². The minimum Gasteiger partial charge on any atom is -0.394 e. The van der Waals surface area contributed by atoms with E-state index in [1.54, 1.807) is 35.2 Å². The van der Waals surface area contributed by atoms with Gasteiger partial charge in [0, 0.05) is 31.5 Å². The van der Waals surface area contributed by atoms with Crippen LogP contribution in [-0.2, 0) is 17.9 Å². The Bertz CT molecular complexity index is 941. The molecule has 0 aromatic carbocycles. The quantitative estimate of drug-likeness (QED) is 0.280. The van der Waals surface area contributed by atoms with Gasteiger partial charge in [-0.1, -0.05) is 6.07 Å². The minimum atomic E-state index is -0.943. The van der Waals surface area contributed by atoms with Gasteiger partial charge in [0.05, 0.1) is 6.61 Å². The van der Waals surface area contributed by atoms with Crippen molar-refractivity contribution in [1.82, 2.24) is 24.8 Å². The molecule has 1 saturated heterocycles. The number of nitrogens with one attached hydrogen (secondary N) is 2. The molecule has 3 heterocycles. The first kappa shape index (κ1) is 24.8. The lowest BCUT2D eigenvalue weighted by Gasteiger charge is -2.29. The molecule has 0 unspecified atom stereocenters. The van der Waals surface area contributed by atoms with Crippen LogP contribution in [0, 0.1) is 0 Å². The highest BCUT2D eigenvalue weighted by Gasteiger charge is 2.15. The Morgan fingerprint density at radius 3 is 2.61 bits per heavy atom. The van der Waals surface area contributed by atoms with E-state index in [0.717, 1.165) is 50.9 Å². The zero-order valence-electron chi connectivity index (χ0n) is 18.8. The van der Waals surface area contributed by atoms with Crippen LogP contribution in [0.25, 0.3) is 0 Å². The van der Waals surface area contributed by atoms with E-state index >= 15 is 0 Å². The molecule has 0 saturated carbocycles. The number of nitrogens with zero attached hydrogens (tertiary/aromatic N) is 4. The van der Waals surface area contributed by atoms with Gasteiger partial charge in [0.1, 0.15) is 17.7 Å². The number of anilines is 2. The van der Waals surface area contributed by atoms with E-state index in [1.807, 2.05) is 0 Å². The summed E-state index contributed by atoms with van der Waals surface area (Å²) < 4.78 is 1.62. The first-order valence-electron chi connectivity index (χ1n) is 11.4. The average Bonchev–Trinajstić information content (AvgIpc) is 2.83. The van der Waals surface area contributed by atoms with Crippen molar-refractivity contribution < 1.29 is 9.90 Å². The lowest BCUT2D eigenvalue weighted by Crippen LogP contribution is -2.42. The fourth-order valence-electron chi connectivity index (χ4n) is 3.60. The van der Waals surface area contributed by atoms with Gasteiger partial charge in [-0.15, -0.1) is 0 Å². The lowest BCUT2D eigenvalue weighted by molar-refractivity contribution is -0.123. The van der Waals surface area contributed by atoms with E-state index in [4.69, 9.17) is 16.6 Å². The van der Waals surface area contributed by atoms with Crippen LogP contribution >= 0.6 is 0 Å². The number of aryl methyl sites for hydroxylation is 1. The highest BCUT2D eigenvalue weighted by molar-refractivity contribution is 5.81. The molecule has 2 aromatic heterocycles. The first-order chi connectivity index (χ1) is 15.9. The molecule has 0 bridgehead atoms. The molecular weight excluding hydrogens is 424 g/mol. The van der Waals surface area contributed by atoms with Crippen LogP contribution in [0.15, 0.2) is 35.4 Å². The van der Waals surface area contributed by atoms with Crippen LogP contribution in [-0.4, -0.2) is 68.8 Å². The molecule has 2 aromatic rings. The van der Waals surface area contributed by atoms with Crippen molar-refractivity contribution in [2.24, 2.45) is 11.5 Å². The largest absolute Gasteiger partial charge is 0.394 e. The normalized spacial score (nSPS) is 15.8. The third kappa shape index (κ3) is 7.90. The summed E-state index contributed by atoms with van der Waals surface area (Å²) in [7, 11) is 0. The molecule has 0 aliphatic carbocycles. The number of hydrogen-bond donors (Lipinski definition) is 5. The molecule has 180 valence electrons. The summed E-state index contributed by atoms with van der Waals surface area (Å²) >= 11 is 0. The molecule has 7 N–H and O–H groups in total. The van der Waals surface area contributed by atoms with Gasteiger partial charge in [-0.05, 0) is 63.0 Å². The molecule has 1 fully saturated rings. The van der Waals surface area contributed by atoms with Crippen LogP contribution in [0.2, 0.25) is 0 Å². The number of carbonyl (C=O) groups excluding carboxylic acids is 1. The molecule has 1 aliphatic rings. The van der Waals surface area contributed by atoms with Crippen molar-refractivity contribution in [3.63, 3.8) is 0 Å². The van der Waals surface area contributed by atoms with E-state index in [1.165, 1.54) is 0 Å². The summed E-state index contributed by atoms with van der Waals surface area (Å²) in [6.45, 7) is 3.63. The van der Waals surface area contributed by atoms with E-state index in [-0.39, 0.29) is 12.2 Å². The third-order valence-corrected chi connectivity index (χ3v) is 5.71. The van der Waals surface area contributed by atoms with Crippen molar-refractivity contribution in [2.45, 2.75) is 50.9 Å². The number of pyridine rings is 1. The van der Waals surface area contributed by atoms with Crippen molar-refractivity contribution in [3.8, 4) is 0 Å². The smallest absolute Gasteiger partial charge is 0.349 e. The first-order valence-corrected chi connectivity index (χ1v) is 11.4. The molecular formula is C22H34N8O3. The summed E-state index contributed by atoms with van der Waals surface area (Å²) in [5.41, 5.74) is 11.9. The second-order valence-electron chi connectivity index (χ2n) is 8.36. The Morgan fingerprint density at radius 1 is 1.18 bits per heavy atom. The zero-order valence-corrected chi connectivity index (χ0v) is 18.8. The average molecular weight is 459 g/mol. The Morgan fingerprint density at radius 2 is 1.94 bits per heavy atom. The molecule has 11 heteroatoms. The Balaban J connectivity index is 1.43. The molecule has 0 radical (unpaired) electrons. The number of unbranched alkanes of at least 4 members (excludes halogenated alkanes) is 1. The number of rotatable bonds is 11. The number of nitrogens with two attached hydrogens (primary N) is 2. The number of carbonyl (C=O) groups is 1. The predicted molar refractivity (Wildman–Crippen MR) is 126 cm³/mol. The standard InChI is InChI=1S/C22H34N8O3/c23-17-5-10-29(11-6-17)8-1-2-9-30-12-7-20(28-22(30)33)27-19-4-3-16(13-25-19)14-26-21(32)18(24)15-31/h3-4,7,12-13,17-18,31H,1-2,5-6,8-11,14-15,23-24H2,(H,26,32)(H,25,27,28,33)/t18-/m1/s1. The Labute approximate surface area is 193 Å². The maximum absolute atomic E-state index is 12.3. The SMILES string of the molecule is NC1CCN(CCCCn2ccc(Nc3ccc(CNC(=O)[C@H](N)CO)cn3)nc2=O)CC1. The fourth-order valence-corrected chi connectivity index (χ4v) is 3.60. The van der Waals surface area contributed by atoms with Crippen LogP contribution < -0.4 is 27.8 Å². The van der Waals surface area contributed by atoms with Gasteiger partial charge in [-0.2, -0.15) is 4.98 Å². The highest BCUT2D eigenvalue weighted by atomic mass is 16.3. The van der Waals surface area contributed by atoms with Gasteiger partial charge >= 0.3 is 5.69 Å². The van der Waals surface area contributed by atoms with E-state index in [0.29, 0.717) is 24.2 Å². The van der Waals surface area contributed by atoms with E-state index < -0.39 is 18.6 Å². The zero-order chi connectivity index (χ0) is 23.6. The number of aromatic nitrogens is 3. The number of aliphatic hydroxyl groups is 1. The second-order valence-corrected chi connectivity index (χ2v) is 8.36. The van der Waals surface area contributed by atoms with E-state index in [2.05, 4.69) is 25.5 Å². The van der Waals surface area contributed by atoms with Crippen LogP contribution in [0.4, 0.5) is 11.6 Å². The monoisotopic (exact) mass is 458 g/mol. The Hall–Kier alpha value is -2.86. The van der Waals surface area contributed by atoms with Gasteiger partial charge < -0.3 is 32.1 Å². The maximum Gasteiger partial charge on any atom is 0.349 e. The van der Waals surface area contributed by atoms with Crippen molar-refractivity contribution >= 4 is 17.5 Å². The molecule has 11 nitrogen and oxygen atoms in total. The second kappa shape index (κ2) is 12.4. The van der Waals surface area contributed by atoms with Gasteiger partial charge in [-0.25, -0.2) is 9.78 Å². The van der Waals surface area contributed by atoms with Gasteiger partial charge in [0.2, 0.25) is 5.91 Å². The predicted octanol–water partition coefficient (Wildman–Crippen LogP) is -0.479. The van der Waals surface area contributed by atoms with Gasteiger partial charge in [-0.3, -0.25) is 9.36 Å². The summed E-state index contributed by atoms with van der Waals surface area (Å²) in [6.07, 6.45) is 7.41. The van der Waals surface area contributed by atoms with E-state index in [9.17, 15) is 9.59 Å². The highest BCUT2D eigenvalue weighted by Crippen LogP contribution is 2.12. The molecule has 1 atom stereocenters. The number of hydrogen-bond acceptors (Lipinski definition) is 9. The van der Waals surface area contributed by atoms with Gasteiger partial charge in [0.15, 0.2) is 0 Å². The topological polar surface area (TPSA) is 164 Å². The molecule has 0 spiro atoms. The van der Waals surface area contributed by atoms with Crippen molar-refractivity contribution in [2.75, 3.05) is 31.6 Å². The molecule has 1 aliphatic heterocycles. The molecule has 33 heavy (non-hydrogen) atoms. The van der Waals surface area contributed by atoms with Crippen LogP contribution in [0.3, 0.4) is 0 Å². The van der Waals surface area contributed by atoms with Crippen molar-refractivity contribution in [1.29, 1.82) is 0 Å². The molecule has 3 rings (SSSR count). The van der Waals surface area contributed by atoms with Crippen molar-refractivity contribution in [3.05, 3.63) is 46.6 Å². The van der Waals surface area contributed by atoms with Gasteiger partial charge in [0.25, 0.3) is 0 Å². The number of amides is 1. The minimum absolute atomic E-state index is 0.249. The third-order valence-electron chi connectivity index (χ3n) is 5.71. The summed E-state index contributed by atoms with van der Waals surface area (Å²) in [6, 6.07) is 4.67.